The molecule has 8 heteroatoms. The molecule has 3 fully saturated rings. The Balaban J connectivity index is 1.74. The normalized spacial score (nSPS) is 28.2. The number of hydrogen-bond donors (Lipinski definition) is 3. The summed E-state index contributed by atoms with van der Waals surface area (Å²) in [5.74, 6) is 6.91. The molecule has 0 saturated carbocycles. The molecule has 3 aliphatic rings. The zero-order valence-electron chi connectivity index (χ0n) is 11.7. The fourth-order valence-electron chi connectivity index (χ4n) is 2.97. The lowest BCUT2D eigenvalue weighted by molar-refractivity contribution is 0.0971. The number of nitrogens with two attached hydrogens (primary N) is 1. The van der Waals surface area contributed by atoms with E-state index >= 15 is 0 Å². The quantitative estimate of drug-likeness (QED) is 0.514. The van der Waals surface area contributed by atoms with E-state index in [4.69, 9.17) is 10.6 Å². The Morgan fingerprint density at radius 2 is 2.00 bits per heavy atom. The van der Waals surface area contributed by atoms with Gasteiger partial charge >= 0.3 is 6.01 Å². The topological polar surface area (TPSA) is 101 Å². The molecular formula is C12H21N7O. The van der Waals surface area contributed by atoms with Gasteiger partial charge in [-0.3, -0.25) is 5.43 Å². The Morgan fingerprint density at radius 1 is 1.25 bits per heavy atom. The van der Waals surface area contributed by atoms with Gasteiger partial charge in [-0.1, -0.05) is 0 Å². The summed E-state index contributed by atoms with van der Waals surface area (Å²) in [6.07, 6.45) is 2.48. The van der Waals surface area contributed by atoms with Crippen molar-refractivity contribution in [2.24, 2.45) is 11.8 Å². The van der Waals surface area contributed by atoms with Crippen molar-refractivity contribution in [1.29, 1.82) is 0 Å². The van der Waals surface area contributed by atoms with Crippen LogP contribution in [-0.4, -0.2) is 52.1 Å². The van der Waals surface area contributed by atoms with Crippen LogP contribution in [0.1, 0.15) is 19.8 Å². The molecule has 110 valence electrons. The Labute approximate surface area is 118 Å². The maximum atomic E-state index is 5.38. The molecule has 0 spiro atoms. The summed E-state index contributed by atoms with van der Waals surface area (Å²) < 4.78 is 5.33. The second-order valence-corrected chi connectivity index (χ2v) is 5.23. The van der Waals surface area contributed by atoms with Crippen molar-refractivity contribution < 1.29 is 4.74 Å². The number of fused-ring (bicyclic) bond motifs is 3. The maximum Gasteiger partial charge on any atom is 0.323 e. The van der Waals surface area contributed by atoms with Crippen LogP contribution >= 0.6 is 0 Å². The minimum Gasteiger partial charge on any atom is -0.464 e. The SMILES string of the molecule is CCOc1nc(NN)nc(NC2CN3CCC2CC3)n1. The summed E-state index contributed by atoms with van der Waals surface area (Å²) in [5, 5.41) is 3.41. The molecule has 0 radical (unpaired) electrons. The summed E-state index contributed by atoms with van der Waals surface area (Å²) in [5.41, 5.74) is 2.44. The van der Waals surface area contributed by atoms with Gasteiger partial charge in [0.05, 0.1) is 6.61 Å². The van der Waals surface area contributed by atoms with Crippen LogP contribution in [0.15, 0.2) is 0 Å². The molecule has 8 nitrogen and oxygen atoms in total. The number of nitrogen functional groups attached to an aromatic ring is 1. The fraction of sp³-hybridized carbons (Fsp3) is 0.750. The van der Waals surface area contributed by atoms with E-state index in [1.807, 2.05) is 6.92 Å². The Bertz CT molecular complexity index is 461. The number of ether oxygens (including phenoxy) is 1. The molecular weight excluding hydrogens is 258 g/mol. The number of hydrazine groups is 1. The maximum absolute atomic E-state index is 5.38. The smallest absolute Gasteiger partial charge is 0.323 e. The van der Waals surface area contributed by atoms with Gasteiger partial charge in [-0.05, 0) is 38.8 Å². The zero-order valence-corrected chi connectivity index (χ0v) is 11.7. The van der Waals surface area contributed by atoms with Gasteiger partial charge in [-0.15, -0.1) is 0 Å². The third kappa shape index (κ3) is 2.75. The lowest BCUT2D eigenvalue weighted by Gasteiger charge is -2.44. The first kappa shape index (κ1) is 13.3. The summed E-state index contributed by atoms with van der Waals surface area (Å²) in [6.45, 7) is 5.86. The summed E-state index contributed by atoms with van der Waals surface area (Å²) >= 11 is 0. The van der Waals surface area contributed by atoms with Crippen LogP contribution in [0.25, 0.3) is 0 Å². The molecule has 20 heavy (non-hydrogen) atoms. The van der Waals surface area contributed by atoms with Gasteiger partial charge in [0.15, 0.2) is 0 Å². The summed E-state index contributed by atoms with van der Waals surface area (Å²) in [6, 6.07) is 0.680. The van der Waals surface area contributed by atoms with Crippen molar-refractivity contribution in [3.63, 3.8) is 0 Å². The molecule has 4 rings (SSSR count). The van der Waals surface area contributed by atoms with Crippen molar-refractivity contribution in [3.8, 4) is 6.01 Å². The summed E-state index contributed by atoms with van der Waals surface area (Å²) in [7, 11) is 0. The Hall–Kier alpha value is -1.67. The first-order chi connectivity index (χ1) is 9.78. The number of hydrogen-bond acceptors (Lipinski definition) is 8. The van der Waals surface area contributed by atoms with Crippen molar-refractivity contribution in [3.05, 3.63) is 0 Å². The van der Waals surface area contributed by atoms with E-state index in [9.17, 15) is 0 Å². The first-order valence-corrected chi connectivity index (χ1v) is 7.13. The number of nitrogens with one attached hydrogen (secondary N) is 2. The van der Waals surface area contributed by atoms with E-state index in [1.54, 1.807) is 0 Å². The number of piperidine rings is 3. The fourth-order valence-corrected chi connectivity index (χ4v) is 2.97. The molecule has 3 saturated heterocycles. The zero-order chi connectivity index (χ0) is 13.9. The van der Waals surface area contributed by atoms with E-state index in [0.29, 0.717) is 36.5 Å². The third-order valence-corrected chi connectivity index (χ3v) is 3.99. The number of aromatic nitrogens is 3. The predicted molar refractivity (Wildman–Crippen MR) is 75.4 cm³/mol. The molecule has 3 aliphatic heterocycles. The standard InChI is InChI=1S/C12H21N7O/c1-2-20-12-16-10(15-11(17-12)18-13)14-9-7-19-5-3-8(9)4-6-19/h8-9H,2-7,13H2,1H3,(H2,14,15,16,17,18). The van der Waals surface area contributed by atoms with Gasteiger partial charge in [-0.2, -0.15) is 15.0 Å². The van der Waals surface area contributed by atoms with Crippen molar-refractivity contribution in [1.82, 2.24) is 19.9 Å². The third-order valence-electron chi connectivity index (χ3n) is 3.99. The molecule has 1 aromatic rings. The van der Waals surface area contributed by atoms with Crippen LogP contribution in [-0.2, 0) is 0 Å². The highest BCUT2D eigenvalue weighted by Crippen LogP contribution is 2.29. The van der Waals surface area contributed by atoms with Gasteiger partial charge in [-0.25, -0.2) is 5.84 Å². The highest BCUT2D eigenvalue weighted by molar-refractivity contribution is 5.36. The molecule has 1 unspecified atom stereocenters. The molecule has 2 bridgehead atoms. The minimum atomic E-state index is 0.291. The van der Waals surface area contributed by atoms with E-state index in [1.165, 1.54) is 25.9 Å². The first-order valence-electron chi connectivity index (χ1n) is 7.13. The Kier molecular flexibility index (Phi) is 3.83. The van der Waals surface area contributed by atoms with E-state index in [0.717, 1.165) is 6.54 Å². The number of nitrogens with zero attached hydrogens (tertiary/aromatic N) is 4. The number of rotatable bonds is 5. The highest BCUT2D eigenvalue weighted by atomic mass is 16.5. The second-order valence-electron chi connectivity index (χ2n) is 5.23. The van der Waals surface area contributed by atoms with Crippen LogP contribution in [0.2, 0.25) is 0 Å². The van der Waals surface area contributed by atoms with Crippen LogP contribution in [0, 0.1) is 5.92 Å². The Morgan fingerprint density at radius 3 is 2.60 bits per heavy atom. The molecule has 0 aromatic carbocycles. The molecule has 0 aliphatic carbocycles. The molecule has 1 aromatic heterocycles. The van der Waals surface area contributed by atoms with Crippen LogP contribution in [0.3, 0.4) is 0 Å². The van der Waals surface area contributed by atoms with Gasteiger partial charge in [0.1, 0.15) is 0 Å². The highest BCUT2D eigenvalue weighted by Gasteiger charge is 2.34. The average Bonchev–Trinajstić information content (AvgIpc) is 2.48. The molecule has 0 amide bonds. The monoisotopic (exact) mass is 279 g/mol. The second kappa shape index (κ2) is 5.76. The van der Waals surface area contributed by atoms with Crippen LogP contribution < -0.4 is 21.3 Å². The molecule has 1 atom stereocenters. The van der Waals surface area contributed by atoms with Gasteiger partial charge in [0, 0.05) is 12.6 Å². The minimum absolute atomic E-state index is 0.291. The van der Waals surface area contributed by atoms with Crippen LogP contribution in [0.5, 0.6) is 6.01 Å². The van der Waals surface area contributed by atoms with E-state index < -0.39 is 0 Å². The largest absolute Gasteiger partial charge is 0.464 e. The number of anilines is 2. The lowest BCUT2D eigenvalue weighted by atomic mass is 9.84. The van der Waals surface area contributed by atoms with Gasteiger partial charge in [0.25, 0.3) is 0 Å². The predicted octanol–water partition coefficient (Wildman–Crippen LogP) is 0.0620. The van der Waals surface area contributed by atoms with Gasteiger partial charge in [0.2, 0.25) is 11.9 Å². The summed E-state index contributed by atoms with van der Waals surface area (Å²) in [4.78, 5) is 15.1. The van der Waals surface area contributed by atoms with Crippen LogP contribution in [0.4, 0.5) is 11.9 Å². The van der Waals surface area contributed by atoms with E-state index in [2.05, 4.69) is 30.6 Å². The van der Waals surface area contributed by atoms with Gasteiger partial charge < -0.3 is 15.0 Å². The molecule has 4 N–H and O–H groups in total. The molecule has 4 heterocycles. The lowest BCUT2D eigenvalue weighted by Crippen LogP contribution is -2.53. The van der Waals surface area contributed by atoms with E-state index in [-0.39, 0.29) is 0 Å². The average molecular weight is 279 g/mol. The van der Waals surface area contributed by atoms with Crippen molar-refractivity contribution in [2.45, 2.75) is 25.8 Å². The van der Waals surface area contributed by atoms with Crippen molar-refractivity contribution in [2.75, 3.05) is 37.0 Å². The van der Waals surface area contributed by atoms with Crippen molar-refractivity contribution >= 4 is 11.9 Å².